The molecule has 2 N–H and O–H groups in total. The third-order valence-electron chi connectivity index (χ3n) is 6.40. The van der Waals surface area contributed by atoms with Gasteiger partial charge in [0.25, 0.3) is 5.91 Å². The number of para-hydroxylation sites is 1. The normalized spacial score (nSPS) is 26.9. The van der Waals surface area contributed by atoms with Gasteiger partial charge in [-0.05, 0) is 37.8 Å². The van der Waals surface area contributed by atoms with Gasteiger partial charge in [-0.3, -0.25) is 4.79 Å². The molecule has 1 heterocycles. The van der Waals surface area contributed by atoms with E-state index in [1.165, 1.54) is 44.9 Å². The fourth-order valence-electron chi connectivity index (χ4n) is 4.61. The maximum absolute atomic E-state index is 13.0. The predicted molar refractivity (Wildman–Crippen MR) is 108 cm³/mol. The molecule has 1 saturated heterocycles. The number of carbonyl (C=O) groups is 1. The van der Waals surface area contributed by atoms with Gasteiger partial charge < -0.3 is 20.3 Å². The molecule has 0 aromatic heterocycles. The minimum Gasteiger partial charge on any atom is -0.378 e. The molecule has 148 valence electrons. The van der Waals surface area contributed by atoms with Crippen LogP contribution in [0.1, 0.15) is 61.7 Å². The number of hydrogen-bond acceptors (Lipinski definition) is 4. The van der Waals surface area contributed by atoms with Crippen molar-refractivity contribution < 1.29 is 9.53 Å². The highest BCUT2D eigenvalue weighted by Crippen LogP contribution is 2.26. The molecular weight excluding hydrogens is 338 g/mol. The van der Waals surface area contributed by atoms with Crippen molar-refractivity contribution in [2.75, 3.05) is 31.2 Å². The number of nitrogens with one attached hydrogen (secondary N) is 2. The first-order valence-electron chi connectivity index (χ1n) is 10.8. The van der Waals surface area contributed by atoms with Gasteiger partial charge in [-0.25, -0.2) is 0 Å². The summed E-state index contributed by atoms with van der Waals surface area (Å²) in [7, 11) is 0. The average Bonchev–Trinajstić information content (AvgIpc) is 2.99. The predicted octanol–water partition coefficient (Wildman–Crippen LogP) is 3.10. The molecule has 0 unspecified atom stereocenters. The van der Waals surface area contributed by atoms with Crippen LogP contribution in [-0.2, 0) is 4.74 Å². The van der Waals surface area contributed by atoms with Crippen molar-refractivity contribution in [3.63, 3.8) is 0 Å². The third-order valence-corrected chi connectivity index (χ3v) is 6.40. The Morgan fingerprint density at radius 1 is 0.926 bits per heavy atom. The van der Waals surface area contributed by atoms with Gasteiger partial charge in [0.05, 0.1) is 18.8 Å². The molecule has 1 aromatic rings. The topological polar surface area (TPSA) is 53.6 Å². The molecule has 5 nitrogen and oxygen atoms in total. The first-order valence-corrected chi connectivity index (χ1v) is 10.8. The van der Waals surface area contributed by atoms with Crippen molar-refractivity contribution in [1.82, 2.24) is 10.6 Å². The zero-order valence-corrected chi connectivity index (χ0v) is 16.3. The van der Waals surface area contributed by atoms with E-state index < -0.39 is 0 Å². The lowest BCUT2D eigenvalue weighted by Gasteiger charge is -2.40. The number of rotatable bonds is 5. The minimum atomic E-state index is 0.0643. The molecule has 3 fully saturated rings. The van der Waals surface area contributed by atoms with E-state index in [2.05, 4.69) is 21.6 Å². The van der Waals surface area contributed by atoms with Crippen LogP contribution in [0.4, 0.5) is 5.69 Å². The molecular formula is C22H33N3O2. The first-order chi connectivity index (χ1) is 13.3. The van der Waals surface area contributed by atoms with Crippen LogP contribution >= 0.6 is 0 Å². The maximum Gasteiger partial charge on any atom is 0.253 e. The third kappa shape index (κ3) is 4.64. The van der Waals surface area contributed by atoms with Crippen molar-refractivity contribution in [3.8, 4) is 0 Å². The Labute approximate surface area is 162 Å². The van der Waals surface area contributed by atoms with Gasteiger partial charge in [-0.1, -0.05) is 37.8 Å². The second-order valence-corrected chi connectivity index (χ2v) is 8.24. The highest BCUT2D eigenvalue weighted by atomic mass is 16.5. The van der Waals surface area contributed by atoms with Crippen LogP contribution in [0.5, 0.6) is 0 Å². The number of ether oxygens (including phenoxy) is 1. The molecule has 2 aliphatic carbocycles. The Balaban J connectivity index is 1.36. The van der Waals surface area contributed by atoms with E-state index in [-0.39, 0.29) is 11.9 Å². The van der Waals surface area contributed by atoms with E-state index >= 15 is 0 Å². The molecule has 4 rings (SSSR count). The summed E-state index contributed by atoms with van der Waals surface area (Å²) < 4.78 is 5.46. The van der Waals surface area contributed by atoms with E-state index in [4.69, 9.17) is 4.74 Å². The summed E-state index contributed by atoms with van der Waals surface area (Å²) in [6.45, 7) is 3.15. The minimum absolute atomic E-state index is 0.0643. The number of morpholine rings is 1. The summed E-state index contributed by atoms with van der Waals surface area (Å²) in [5.74, 6) is 0.0643. The molecule has 1 aromatic carbocycles. The van der Waals surface area contributed by atoms with E-state index in [9.17, 15) is 4.79 Å². The van der Waals surface area contributed by atoms with E-state index in [1.807, 2.05) is 18.2 Å². The van der Waals surface area contributed by atoms with Gasteiger partial charge in [0, 0.05) is 36.9 Å². The molecule has 2 atom stereocenters. The summed E-state index contributed by atoms with van der Waals surface area (Å²) in [5, 5.41) is 7.15. The van der Waals surface area contributed by atoms with E-state index in [0.29, 0.717) is 12.1 Å². The highest BCUT2D eigenvalue weighted by molar-refractivity contribution is 6.00. The summed E-state index contributed by atoms with van der Waals surface area (Å²) in [5.41, 5.74) is 1.82. The van der Waals surface area contributed by atoms with Crippen LogP contribution in [-0.4, -0.2) is 50.3 Å². The Kier molecular flexibility index (Phi) is 6.30. The van der Waals surface area contributed by atoms with Gasteiger partial charge in [-0.2, -0.15) is 0 Å². The van der Waals surface area contributed by atoms with E-state index in [1.54, 1.807) is 0 Å². The van der Waals surface area contributed by atoms with Gasteiger partial charge in [-0.15, -0.1) is 0 Å². The first kappa shape index (κ1) is 18.8. The largest absolute Gasteiger partial charge is 0.378 e. The van der Waals surface area contributed by atoms with Crippen LogP contribution < -0.4 is 15.5 Å². The highest BCUT2D eigenvalue weighted by Gasteiger charge is 2.34. The Hall–Kier alpha value is -1.59. The number of carbonyl (C=O) groups excluding carboxylic acids is 1. The lowest BCUT2D eigenvalue weighted by molar-refractivity contribution is 0.0886. The van der Waals surface area contributed by atoms with Crippen LogP contribution in [0.3, 0.4) is 0 Å². The molecule has 1 aliphatic heterocycles. The molecule has 5 heteroatoms. The SMILES string of the molecule is O=C(N[C@H]1CC[C@H]1NC1CCCCCC1)c1ccccc1N1CCOCC1. The summed E-state index contributed by atoms with van der Waals surface area (Å²) in [6, 6.07) is 9.32. The van der Waals surface area contributed by atoms with E-state index in [0.717, 1.165) is 44.0 Å². The smallest absolute Gasteiger partial charge is 0.253 e. The van der Waals surface area contributed by atoms with Crippen molar-refractivity contribution >= 4 is 11.6 Å². The molecule has 1 amide bonds. The maximum atomic E-state index is 13.0. The summed E-state index contributed by atoms with van der Waals surface area (Å²) in [6.07, 6.45) is 10.3. The van der Waals surface area contributed by atoms with Crippen molar-refractivity contribution in [2.45, 2.75) is 69.5 Å². The number of anilines is 1. The van der Waals surface area contributed by atoms with Crippen molar-refractivity contribution in [3.05, 3.63) is 29.8 Å². The molecule has 0 spiro atoms. The molecule has 27 heavy (non-hydrogen) atoms. The monoisotopic (exact) mass is 371 g/mol. The quantitative estimate of drug-likeness (QED) is 0.781. The van der Waals surface area contributed by atoms with Crippen molar-refractivity contribution in [2.24, 2.45) is 0 Å². The lowest BCUT2D eigenvalue weighted by atomic mass is 9.85. The zero-order chi connectivity index (χ0) is 18.5. The Morgan fingerprint density at radius 3 is 2.33 bits per heavy atom. The van der Waals surface area contributed by atoms with Gasteiger partial charge in [0.15, 0.2) is 0 Å². The fourth-order valence-corrected chi connectivity index (χ4v) is 4.61. The molecule has 0 bridgehead atoms. The van der Waals surface area contributed by atoms with Crippen LogP contribution in [0.15, 0.2) is 24.3 Å². The van der Waals surface area contributed by atoms with Crippen LogP contribution in [0.2, 0.25) is 0 Å². The number of benzene rings is 1. The van der Waals surface area contributed by atoms with Crippen LogP contribution in [0.25, 0.3) is 0 Å². The lowest BCUT2D eigenvalue weighted by Crippen LogP contribution is -2.59. The number of nitrogens with zero attached hydrogens (tertiary/aromatic N) is 1. The van der Waals surface area contributed by atoms with Crippen molar-refractivity contribution in [1.29, 1.82) is 0 Å². The summed E-state index contributed by atoms with van der Waals surface area (Å²) in [4.78, 5) is 15.3. The number of hydrogen-bond donors (Lipinski definition) is 2. The molecule has 0 radical (unpaired) electrons. The second-order valence-electron chi connectivity index (χ2n) is 8.24. The fraction of sp³-hybridized carbons (Fsp3) is 0.682. The molecule has 3 aliphatic rings. The number of amides is 1. The second kappa shape index (κ2) is 9.07. The Morgan fingerprint density at radius 2 is 1.63 bits per heavy atom. The average molecular weight is 372 g/mol. The zero-order valence-electron chi connectivity index (χ0n) is 16.3. The van der Waals surface area contributed by atoms with Crippen LogP contribution in [0, 0.1) is 0 Å². The van der Waals surface area contributed by atoms with Gasteiger partial charge >= 0.3 is 0 Å². The Bertz CT molecular complexity index is 622. The van der Waals surface area contributed by atoms with Gasteiger partial charge in [0.1, 0.15) is 0 Å². The molecule has 2 saturated carbocycles. The summed E-state index contributed by atoms with van der Waals surface area (Å²) >= 11 is 0. The van der Waals surface area contributed by atoms with Gasteiger partial charge in [0.2, 0.25) is 0 Å². The standard InChI is InChI=1S/C22H33N3O2/c26-22(18-9-5-6-10-21(18)25-13-15-27-16-14-25)24-20-12-11-19(20)23-17-7-3-1-2-4-8-17/h5-6,9-10,17,19-20,23H,1-4,7-8,11-16H2,(H,24,26)/t19-,20+/m1/s1.